The molecule has 2 heterocycles. The van der Waals surface area contributed by atoms with Crippen LogP contribution in [0.5, 0.6) is 0 Å². The summed E-state index contributed by atoms with van der Waals surface area (Å²) >= 11 is 7.76. The molecule has 20 heavy (non-hydrogen) atoms. The molecule has 0 spiro atoms. The highest BCUT2D eigenvalue weighted by molar-refractivity contribution is 8.00. The fraction of sp³-hybridized carbons (Fsp3) is 0.231. The molecule has 1 aromatic heterocycles. The number of aryl methyl sites for hydroxylation is 1. The number of rotatable bonds is 2. The van der Waals surface area contributed by atoms with Crippen LogP contribution in [-0.2, 0) is 7.05 Å². The smallest absolute Gasteiger partial charge is 0.277 e. The van der Waals surface area contributed by atoms with E-state index in [9.17, 15) is 9.59 Å². The molecule has 0 unspecified atom stereocenters. The Kier molecular flexibility index (Phi) is 3.14. The number of aromatic nitrogens is 2. The summed E-state index contributed by atoms with van der Waals surface area (Å²) in [7, 11) is 1.58. The molecular formula is C13H12ClN3O2S. The van der Waals surface area contributed by atoms with Crippen molar-refractivity contribution in [2.45, 2.75) is 11.8 Å². The molecule has 0 aliphatic carbocycles. The zero-order valence-corrected chi connectivity index (χ0v) is 12.5. The van der Waals surface area contributed by atoms with Crippen LogP contribution in [-0.4, -0.2) is 21.4 Å². The monoisotopic (exact) mass is 309 g/mol. The molecule has 0 fully saturated rings. The first-order chi connectivity index (χ1) is 9.50. The van der Waals surface area contributed by atoms with Crippen molar-refractivity contribution in [3.8, 4) is 0 Å². The van der Waals surface area contributed by atoms with Crippen molar-refractivity contribution < 1.29 is 4.79 Å². The second-order valence-corrected chi connectivity index (χ2v) is 6.00. The lowest BCUT2D eigenvalue weighted by Crippen LogP contribution is -2.20. The van der Waals surface area contributed by atoms with Crippen LogP contribution >= 0.6 is 23.5 Å². The van der Waals surface area contributed by atoms with Crippen LogP contribution in [0.15, 0.2) is 28.0 Å². The highest BCUT2D eigenvalue weighted by Gasteiger charge is 2.25. The minimum atomic E-state index is -0.327. The number of carbonyl (C=O) groups excluding carboxylic acids is 1. The molecule has 1 N–H and O–H groups in total. The van der Waals surface area contributed by atoms with Gasteiger partial charge in [-0.2, -0.15) is 0 Å². The molecule has 1 aromatic carbocycles. The summed E-state index contributed by atoms with van der Waals surface area (Å²) in [6.07, 6.45) is 1.44. The summed E-state index contributed by atoms with van der Waals surface area (Å²) in [5, 5.41) is 2.71. The van der Waals surface area contributed by atoms with E-state index in [1.807, 2.05) is 13.0 Å². The zero-order chi connectivity index (χ0) is 14.4. The number of hydrogen-bond donors (Lipinski definition) is 1. The largest absolute Gasteiger partial charge is 0.302 e. The fourth-order valence-corrected chi connectivity index (χ4v) is 3.66. The average Bonchev–Trinajstić information content (AvgIpc) is 2.95. The van der Waals surface area contributed by atoms with Gasteiger partial charge in [-0.3, -0.25) is 18.7 Å². The third-order valence-corrected chi connectivity index (χ3v) is 4.85. The number of halogens is 1. The van der Waals surface area contributed by atoms with Gasteiger partial charge >= 0.3 is 0 Å². The third-order valence-electron chi connectivity index (χ3n) is 3.40. The number of nitrogens with one attached hydrogen (secondary N) is 1. The van der Waals surface area contributed by atoms with Gasteiger partial charge in [0.1, 0.15) is 5.56 Å². The molecule has 2 aromatic rings. The lowest BCUT2D eigenvalue weighted by molar-refractivity contribution is 0.103. The van der Waals surface area contributed by atoms with Gasteiger partial charge in [-0.1, -0.05) is 0 Å². The zero-order valence-electron chi connectivity index (χ0n) is 10.9. The van der Waals surface area contributed by atoms with Crippen molar-refractivity contribution in [1.82, 2.24) is 9.78 Å². The van der Waals surface area contributed by atoms with Gasteiger partial charge in [0, 0.05) is 35.5 Å². The van der Waals surface area contributed by atoms with Crippen molar-refractivity contribution in [1.29, 1.82) is 0 Å². The summed E-state index contributed by atoms with van der Waals surface area (Å²) in [6.45, 7) is 1.85. The molecule has 0 radical (unpaired) electrons. The summed E-state index contributed by atoms with van der Waals surface area (Å²) in [4.78, 5) is 25.4. The van der Waals surface area contributed by atoms with E-state index in [1.54, 1.807) is 29.3 Å². The van der Waals surface area contributed by atoms with Crippen molar-refractivity contribution >= 4 is 35.0 Å². The number of fused-ring (bicyclic) bond motifs is 1. The van der Waals surface area contributed by atoms with E-state index in [-0.39, 0.29) is 16.9 Å². The van der Waals surface area contributed by atoms with Crippen LogP contribution in [0.25, 0.3) is 0 Å². The molecule has 0 amide bonds. The molecule has 5 nitrogen and oxygen atoms in total. The number of aromatic amines is 1. The van der Waals surface area contributed by atoms with E-state index in [1.165, 1.54) is 10.9 Å². The van der Waals surface area contributed by atoms with E-state index < -0.39 is 0 Å². The summed E-state index contributed by atoms with van der Waals surface area (Å²) in [5.41, 5.74) is 1.98. The Morgan fingerprint density at radius 3 is 2.80 bits per heavy atom. The van der Waals surface area contributed by atoms with Gasteiger partial charge in [-0.05, 0) is 24.6 Å². The molecule has 1 aliphatic heterocycles. The van der Waals surface area contributed by atoms with Crippen LogP contribution in [0.1, 0.15) is 21.5 Å². The number of benzene rings is 1. The first-order valence-corrected chi connectivity index (χ1v) is 7.32. The number of hydrogen-bond acceptors (Lipinski definition) is 4. The van der Waals surface area contributed by atoms with Crippen LogP contribution < -0.4 is 9.98 Å². The van der Waals surface area contributed by atoms with Crippen molar-refractivity contribution in [2.75, 3.05) is 10.3 Å². The highest BCUT2D eigenvalue weighted by atomic mass is 35.5. The SMILES string of the molecule is Cc1c(C(=O)c2c[nH]n(C)c2=O)ccc2c1N(Cl)CS2. The topological polar surface area (TPSA) is 58.1 Å². The van der Waals surface area contributed by atoms with Gasteiger partial charge in [0.2, 0.25) is 5.78 Å². The van der Waals surface area contributed by atoms with E-state index >= 15 is 0 Å². The highest BCUT2D eigenvalue weighted by Crippen LogP contribution is 2.43. The molecule has 1 aliphatic rings. The Labute approximate surface area is 124 Å². The van der Waals surface area contributed by atoms with Crippen LogP contribution in [0.3, 0.4) is 0 Å². The molecule has 0 saturated carbocycles. The number of H-pyrrole nitrogens is 1. The summed E-state index contributed by atoms with van der Waals surface area (Å²) in [5.74, 6) is 0.371. The van der Waals surface area contributed by atoms with E-state index in [4.69, 9.17) is 11.8 Å². The first-order valence-electron chi connectivity index (χ1n) is 5.99. The lowest BCUT2D eigenvalue weighted by atomic mass is 9.99. The van der Waals surface area contributed by atoms with Gasteiger partial charge in [0.25, 0.3) is 5.56 Å². The molecule has 3 rings (SSSR count). The van der Waals surface area contributed by atoms with Crippen LogP contribution in [0.4, 0.5) is 5.69 Å². The molecule has 0 atom stereocenters. The maximum absolute atomic E-state index is 12.5. The van der Waals surface area contributed by atoms with Gasteiger partial charge in [-0.25, -0.2) is 0 Å². The first kappa shape index (κ1) is 13.3. The number of anilines is 1. The van der Waals surface area contributed by atoms with E-state index in [0.717, 1.165) is 16.1 Å². The predicted octanol–water partition coefficient (Wildman–Crippen LogP) is 2.28. The maximum atomic E-state index is 12.5. The second kappa shape index (κ2) is 4.71. The fourth-order valence-electron chi connectivity index (χ4n) is 2.30. The average molecular weight is 310 g/mol. The lowest BCUT2D eigenvalue weighted by Gasteiger charge is -2.13. The number of nitrogens with zero attached hydrogens (tertiary/aromatic N) is 2. The summed E-state index contributed by atoms with van der Waals surface area (Å²) < 4.78 is 2.88. The van der Waals surface area contributed by atoms with Crippen LogP contribution in [0, 0.1) is 6.92 Å². The minimum absolute atomic E-state index is 0.141. The maximum Gasteiger partial charge on any atom is 0.277 e. The van der Waals surface area contributed by atoms with Gasteiger partial charge < -0.3 is 5.10 Å². The van der Waals surface area contributed by atoms with E-state index in [0.29, 0.717) is 11.4 Å². The molecule has 7 heteroatoms. The normalized spacial score (nSPS) is 13.7. The minimum Gasteiger partial charge on any atom is -0.302 e. The Balaban J connectivity index is 2.12. The molecule has 0 bridgehead atoms. The summed E-state index contributed by atoms with van der Waals surface area (Å²) in [6, 6.07) is 3.63. The quantitative estimate of drug-likeness (QED) is 0.683. The Hall–Kier alpha value is -1.66. The van der Waals surface area contributed by atoms with Crippen molar-refractivity contribution in [2.24, 2.45) is 7.05 Å². The Bertz CT molecular complexity index is 765. The van der Waals surface area contributed by atoms with Crippen molar-refractivity contribution in [3.63, 3.8) is 0 Å². The van der Waals surface area contributed by atoms with Gasteiger partial charge in [0.05, 0.1) is 11.6 Å². The van der Waals surface area contributed by atoms with Crippen LogP contribution in [0.2, 0.25) is 0 Å². The Morgan fingerprint density at radius 1 is 1.40 bits per heavy atom. The van der Waals surface area contributed by atoms with Crippen molar-refractivity contribution in [3.05, 3.63) is 45.4 Å². The van der Waals surface area contributed by atoms with Gasteiger partial charge in [0.15, 0.2) is 0 Å². The predicted molar refractivity (Wildman–Crippen MR) is 79.7 cm³/mol. The third kappa shape index (κ3) is 1.87. The molecule has 0 saturated heterocycles. The number of thioether (sulfide) groups is 1. The second-order valence-electron chi connectivity index (χ2n) is 4.60. The van der Waals surface area contributed by atoms with Gasteiger partial charge in [-0.15, -0.1) is 11.8 Å². The van der Waals surface area contributed by atoms with E-state index in [2.05, 4.69) is 5.10 Å². The molecule has 104 valence electrons. The Morgan fingerprint density at radius 2 is 2.15 bits per heavy atom. The standard InChI is InChI=1S/C13H12ClN3O2S/c1-7-8(3-4-10-11(7)17(14)6-20-10)12(18)9-5-15-16(2)13(9)19/h3-5,15H,6H2,1-2H3. The number of carbonyl (C=O) groups is 1. The number of ketones is 1. The molecular weight excluding hydrogens is 298 g/mol.